The summed E-state index contributed by atoms with van der Waals surface area (Å²) in [6, 6.07) is 0. The van der Waals surface area contributed by atoms with Gasteiger partial charge in [-0.2, -0.15) is 0 Å². The number of methoxy groups -OCH3 is 1. The summed E-state index contributed by atoms with van der Waals surface area (Å²) in [7, 11) is 3.25. The van der Waals surface area contributed by atoms with E-state index in [9.17, 15) is 4.79 Å². The summed E-state index contributed by atoms with van der Waals surface area (Å²) < 4.78 is 4.25. The second-order valence-electron chi connectivity index (χ2n) is 3.25. The number of hydrogen-bond donors (Lipinski definition) is 0. The van der Waals surface area contributed by atoms with E-state index >= 15 is 0 Å². The summed E-state index contributed by atoms with van der Waals surface area (Å²) in [5.41, 5.74) is 0. The zero-order valence-corrected chi connectivity index (χ0v) is 11.0. The maximum Gasteiger partial charge on any atom is 0.222 e. The van der Waals surface area contributed by atoms with Gasteiger partial charge in [0.2, 0.25) is 5.91 Å². The van der Waals surface area contributed by atoms with E-state index in [1.807, 2.05) is 25.7 Å². The zero-order chi connectivity index (χ0) is 12.1. The van der Waals surface area contributed by atoms with Crippen molar-refractivity contribution in [3.8, 4) is 0 Å². The predicted molar refractivity (Wildman–Crippen MR) is 65.0 cm³/mol. The molecule has 1 heterocycles. The lowest BCUT2D eigenvalue weighted by Gasteiger charge is -2.13. The molecule has 92 valence electrons. The summed E-state index contributed by atoms with van der Waals surface area (Å²) in [5.74, 6) is 0.347. The Bertz CT molecular complexity index is 132. The molecule has 0 N–H and O–H groups in total. The molecule has 0 aromatic carbocycles. The van der Waals surface area contributed by atoms with E-state index in [-0.39, 0.29) is 0 Å². The van der Waals surface area contributed by atoms with E-state index in [1.165, 1.54) is 12.8 Å². The Kier molecular flexibility index (Phi) is 15.1. The minimum Gasteiger partial charge on any atom is -0.388 e. The highest BCUT2D eigenvalue weighted by atomic mass is 16.4. The number of likely N-dealkylation sites (tertiary alicyclic amines) is 1. The fraction of sp³-hybridized carbons (Fsp3) is 0.917. The molecule has 0 unspecified atom stereocenters. The molecule has 0 spiro atoms. The molecule has 0 aromatic heterocycles. The quantitative estimate of drug-likeness (QED) is 0.711. The number of nitrogens with zero attached hydrogens (tertiary/aromatic N) is 1. The molecule has 0 radical (unpaired) electrons. The maximum atomic E-state index is 11.2. The molecule has 1 saturated heterocycles. The lowest BCUT2D eigenvalue weighted by molar-refractivity contribution is -0.130. The van der Waals surface area contributed by atoms with Crippen molar-refractivity contribution >= 4 is 5.91 Å². The van der Waals surface area contributed by atoms with Gasteiger partial charge < -0.3 is 9.64 Å². The van der Waals surface area contributed by atoms with Crippen LogP contribution in [0.5, 0.6) is 0 Å². The third kappa shape index (κ3) is 9.73. The lowest BCUT2D eigenvalue weighted by Crippen LogP contribution is -2.26. The van der Waals surface area contributed by atoms with Gasteiger partial charge in [-0.3, -0.25) is 4.79 Å². The van der Waals surface area contributed by atoms with Crippen LogP contribution < -0.4 is 0 Å². The fourth-order valence-electron chi connectivity index (χ4n) is 1.34. The van der Waals surface area contributed by atoms with E-state index in [4.69, 9.17) is 0 Å². The molecule has 3 nitrogen and oxygen atoms in total. The fourth-order valence-corrected chi connectivity index (χ4v) is 1.34. The van der Waals surface area contributed by atoms with Gasteiger partial charge in [0, 0.05) is 33.7 Å². The van der Waals surface area contributed by atoms with Crippen molar-refractivity contribution in [1.29, 1.82) is 0 Å². The third-order valence-electron chi connectivity index (χ3n) is 1.92. The van der Waals surface area contributed by atoms with Crippen molar-refractivity contribution in [1.82, 2.24) is 4.90 Å². The van der Waals surface area contributed by atoms with E-state index in [0.717, 1.165) is 25.9 Å². The molecule has 1 amide bonds. The van der Waals surface area contributed by atoms with Gasteiger partial charge >= 0.3 is 0 Å². The Morgan fingerprint density at radius 2 is 1.60 bits per heavy atom. The number of carbonyl (C=O) groups is 1. The molecule has 1 rings (SSSR count). The number of ether oxygens (including phenoxy) is 1. The average Bonchev–Trinajstić information content (AvgIpc) is 2.75. The Morgan fingerprint density at radius 1 is 1.20 bits per heavy atom. The van der Waals surface area contributed by atoms with Gasteiger partial charge in [0.05, 0.1) is 0 Å². The second kappa shape index (κ2) is 13.4. The summed E-state index contributed by atoms with van der Waals surface area (Å²) in [4.78, 5) is 13.1. The van der Waals surface area contributed by atoms with Gasteiger partial charge in [0.15, 0.2) is 0 Å². The van der Waals surface area contributed by atoms with Crippen LogP contribution in [0.25, 0.3) is 0 Å². The van der Waals surface area contributed by atoms with Crippen LogP contribution in [0.1, 0.15) is 46.5 Å². The second-order valence-corrected chi connectivity index (χ2v) is 3.25. The monoisotopic (exact) mass is 217 g/mol. The zero-order valence-electron chi connectivity index (χ0n) is 11.0. The van der Waals surface area contributed by atoms with Gasteiger partial charge in [-0.25, -0.2) is 0 Å². The first-order valence-corrected chi connectivity index (χ1v) is 5.94. The summed E-state index contributed by atoms with van der Waals surface area (Å²) >= 11 is 0. The van der Waals surface area contributed by atoms with Crippen molar-refractivity contribution in [3.05, 3.63) is 0 Å². The molecule has 1 aliphatic rings. The van der Waals surface area contributed by atoms with Crippen LogP contribution in [0.3, 0.4) is 0 Å². The largest absolute Gasteiger partial charge is 0.388 e. The van der Waals surface area contributed by atoms with Gasteiger partial charge in [-0.15, -0.1) is 0 Å². The van der Waals surface area contributed by atoms with Crippen LogP contribution in [0.2, 0.25) is 0 Å². The molecule has 0 aromatic rings. The van der Waals surface area contributed by atoms with Crippen molar-refractivity contribution in [2.24, 2.45) is 0 Å². The highest BCUT2D eigenvalue weighted by Crippen LogP contribution is 2.09. The topological polar surface area (TPSA) is 29.5 Å². The van der Waals surface area contributed by atoms with Crippen LogP contribution in [0, 0.1) is 0 Å². The molecule has 0 bridgehead atoms. The van der Waals surface area contributed by atoms with Crippen LogP contribution in [0.4, 0.5) is 0 Å². The summed E-state index contributed by atoms with van der Waals surface area (Å²) in [6.07, 6.45) is 4.13. The van der Waals surface area contributed by atoms with E-state index < -0.39 is 0 Å². The van der Waals surface area contributed by atoms with Crippen LogP contribution in [0.15, 0.2) is 0 Å². The Balaban J connectivity index is 0. The van der Waals surface area contributed by atoms with Crippen LogP contribution >= 0.6 is 0 Å². The Labute approximate surface area is 94.8 Å². The first kappa shape index (κ1) is 16.8. The van der Waals surface area contributed by atoms with Crippen molar-refractivity contribution < 1.29 is 9.53 Å². The number of hydrogen-bond acceptors (Lipinski definition) is 2. The molecule has 0 aliphatic carbocycles. The molecule has 1 fully saturated rings. The van der Waals surface area contributed by atoms with Crippen molar-refractivity contribution in [3.63, 3.8) is 0 Å². The maximum absolute atomic E-state index is 11.2. The van der Waals surface area contributed by atoms with Gasteiger partial charge in [0.25, 0.3) is 0 Å². The third-order valence-corrected chi connectivity index (χ3v) is 1.92. The SMILES string of the molecule is CC.CCCC(=O)N1CCCC1.COC. The minimum absolute atomic E-state index is 0.347. The number of rotatable bonds is 2. The van der Waals surface area contributed by atoms with Gasteiger partial charge in [-0.05, 0) is 19.3 Å². The van der Waals surface area contributed by atoms with Crippen LogP contribution in [-0.4, -0.2) is 38.1 Å². The average molecular weight is 217 g/mol. The Hall–Kier alpha value is -0.570. The molecular weight excluding hydrogens is 190 g/mol. The molecule has 0 saturated carbocycles. The highest BCUT2D eigenvalue weighted by Gasteiger charge is 2.15. The summed E-state index contributed by atoms with van der Waals surface area (Å²) in [5, 5.41) is 0. The first-order chi connectivity index (χ1) is 7.26. The summed E-state index contributed by atoms with van der Waals surface area (Å²) in [6.45, 7) is 8.05. The van der Waals surface area contributed by atoms with Gasteiger partial charge in [-0.1, -0.05) is 20.8 Å². The standard InChI is InChI=1S/C8H15NO.C2H6O.C2H6/c1-2-5-8(10)9-6-3-4-7-9;1-3-2;1-2/h2-7H2,1H3;1-2H3;1-2H3. The van der Waals surface area contributed by atoms with Gasteiger partial charge in [0.1, 0.15) is 0 Å². The molecule has 1 aliphatic heterocycles. The van der Waals surface area contributed by atoms with Crippen molar-refractivity contribution in [2.75, 3.05) is 27.3 Å². The number of amides is 1. The van der Waals surface area contributed by atoms with E-state index in [1.54, 1.807) is 14.2 Å². The number of carbonyl (C=O) groups excluding carboxylic acids is 1. The normalized spacial score (nSPS) is 13.5. The molecule has 15 heavy (non-hydrogen) atoms. The lowest BCUT2D eigenvalue weighted by atomic mass is 10.3. The van der Waals surface area contributed by atoms with E-state index in [0.29, 0.717) is 5.91 Å². The predicted octanol–water partition coefficient (Wildman–Crippen LogP) is 2.70. The Morgan fingerprint density at radius 3 is 1.93 bits per heavy atom. The van der Waals surface area contributed by atoms with E-state index in [2.05, 4.69) is 4.74 Å². The van der Waals surface area contributed by atoms with Crippen molar-refractivity contribution in [2.45, 2.75) is 46.5 Å². The molecular formula is C12H27NO2. The van der Waals surface area contributed by atoms with Crippen LogP contribution in [-0.2, 0) is 9.53 Å². The molecule has 3 heteroatoms. The first-order valence-electron chi connectivity index (χ1n) is 5.94. The smallest absolute Gasteiger partial charge is 0.222 e. The minimum atomic E-state index is 0.347. The highest BCUT2D eigenvalue weighted by molar-refractivity contribution is 5.76. The molecule has 0 atom stereocenters.